The van der Waals surface area contributed by atoms with Crippen LogP contribution in [0.1, 0.15) is 11.3 Å². The molecule has 0 bridgehead atoms. The van der Waals surface area contributed by atoms with Crippen LogP contribution in [-0.2, 0) is 13.0 Å². The lowest BCUT2D eigenvalue weighted by Gasteiger charge is -2.01. The summed E-state index contributed by atoms with van der Waals surface area (Å²) in [5, 5.41) is 16.6. The lowest BCUT2D eigenvalue weighted by molar-refractivity contribution is 0.298. The molecule has 1 N–H and O–H groups in total. The highest BCUT2D eigenvalue weighted by Crippen LogP contribution is 2.16. The van der Waals surface area contributed by atoms with Crippen LogP contribution in [0.15, 0.2) is 24.4 Å². The first kappa shape index (κ1) is 12.0. The van der Waals surface area contributed by atoms with Gasteiger partial charge in [-0.2, -0.15) is 0 Å². The zero-order valence-corrected chi connectivity index (χ0v) is 9.73. The van der Waals surface area contributed by atoms with Crippen LogP contribution in [0.3, 0.4) is 0 Å². The molecular formula is C11H11ClFN3O. The highest BCUT2D eigenvalue weighted by Gasteiger charge is 2.04. The van der Waals surface area contributed by atoms with Crippen LogP contribution in [0.2, 0.25) is 5.02 Å². The molecule has 0 aliphatic heterocycles. The molecule has 0 radical (unpaired) electrons. The molecule has 0 saturated carbocycles. The van der Waals surface area contributed by atoms with Crippen LogP contribution < -0.4 is 0 Å². The third-order valence-electron chi connectivity index (χ3n) is 2.28. The zero-order valence-electron chi connectivity index (χ0n) is 8.98. The monoisotopic (exact) mass is 255 g/mol. The largest absolute Gasteiger partial charge is 0.396 e. The van der Waals surface area contributed by atoms with Gasteiger partial charge in [0.1, 0.15) is 5.82 Å². The van der Waals surface area contributed by atoms with Crippen LogP contribution in [0, 0.1) is 5.82 Å². The van der Waals surface area contributed by atoms with Gasteiger partial charge in [0, 0.05) is 19.2 Å². The maximum absolute atomic E-state index is 13.2. The number of aromatic nitrogens is 3. The second kappa shape index (κ2) is 5.25. The zero-order chi connectivity index (χ0) is 12.3. The Morgan fingerprint density at radius 2 is 2.24 bits per heavy atom. The van der Waals surface area contributed by atoms with Crippen molar-refractivity contribution in [3.63, 3.8) is 0 Å². The molecule has 2 rings (SSSR count). The van der Waals surface area contributed by atoms with E-state index in [4.69, 9.17) is 16.7 Å². The number of hydrogen-bond donors (Lipinski definition) is 1. The molecular weight excluding hydrogens is 245 g/mol. The minimum atomic E-state index is -0.445. The van der Waals surface area contributed by atoms with Gasteiger partial charge in [-0.05, 0) is 17.7 Å². The number of hydrogen-bond acceptors (Lipinski definition) is 3. The summed E-state index contributed by atoms with van der Waals surface area (Å²) in [6.07, 6.45) is 2.19. The molecule has 0 atom stereocenters. The summed E-state index contributed by atoms with van der Waals surface area (Å²) in [6.45, 7) is 0.459. The molecule has 0 aliphatic carbocycles. The summed E-state index contributed by atoms with van der Waals surface area (Å²) in [7, 11) is 0. The first-order valence-corrected chi connectivity index (χ1v) is 5.50. The Kier molecular flexibility index (Phi) is 3.71. The minimum absolute atomic E-state index is 0.0360. The predicted octanol–water partition coefficient (Wildman–Crippen LogP) is 1.65. The fraction of sp³-hybridized carbons (Fsp3) is 0.273. The third-order valence-corrected chi connectivity index (χ3v) is 2.59. The molecule has 4 nitrogen and oxygen atoms in total. The predicted molar refractivity (Wildman–Crippen MR) is 61.3 cm³/mol. The van der Waals surface area contributed by atoms with E-state index < -0.39 is 5.82 Å². The van der Waals surface area contributed by atoms with E-state index in [9.17, 15) is 4.39 Å². The van der Waals surface area contributed by atoms with Crippen molar-refractivity contribution in [2.45, 2.75) is 13.0 Å². The highest BCUT2D eigenvalue weighted by molar-refractivity contribution is 6.30. The molecule has 6 heteroatoms. The molecule has 2 aromatic rings. The molecule has 0 spiro atoms. The van der Waals surface area contributed by atoms with Gasteiger partial charge in [-0.25, -0.2) is 9.07 Å². The normalized spacial score (nSPS) is 10.8. The van der Waals surface area contributed by atoms with Gasteiger partial charge in [0.05, 0.1) is 17.3 Å². The summed E-state index contributed by atoms with van der Waals surface area (Å²) < 4.78 is 14.8. The minimum Gasteiger partial charge on any atom is -0.396 e. The van der Waals surface area contributed by atoms with E-state index >= 15 is 0 Å². The Hall–Kier alpha value is -1.46. The molecule has 0 saturated heterocycles. The maximum Gasteiger partial charge on any atom is 0.142 e. The lowest BCUT2D eigenvalue weighted by atomic mass is 10.2. The Morgan fingerprint density at radius 1 is 1.41 bits per heavy atom. The van der Waals surface area contributed by atoms with Gasteiger partial charge < -0.3 is 5.11 Å². The fourth-order valence-corrected chi connectivity index (χ4v) is 1.59. The average molecular weight is 256 g/mol. The molecule has 1 aromatic heterocycles. The fourth-order valence-electron chi connectivity index (χ4n) is 1.47. The second-order valence-electron chi connectivity index (χ2n) is 3.63. The Morgan fingerprint density at radius 3 is 2.94 bits per heavy atom. The molecule has 0 unspecified atom stereocenters. The average Bonchev–Trinajstić information content (AvgIpc) is 2.72. The van der Waals surface area contributed by atoms with Crippen molar-refractivity contribution in [2.24, 2.45) is 0 Å². The van der Waals surface area contributed by atoms with E-state index in [-0.39, 0.29) is 11.6 Å². The van der Waals surface area contributed by atoms with E-state index in [0.717, 1.165) is 5.56 Å². The van der Waals surface area contributed by atoms with Gasteiger partial charge in [-0.1, -0.05) is 22.9 Å². The highest BCUT2D eigenvalue weighted by atomic mass is 35.5. The van der Waals surface area contributed by atoms with Gasteiger partial charge in [0.2, 0.25) is 0 Å². The van der Waals surface area contributed by atoms with Crippen molar-refractivity contribution in [3.8, 4) is 0 Å². The summed E-state index contributed by atoms with van der Waals surface area (Å²) in [6, 6.07) is 4.62. The third kappa shape index (κ3) is 3.01. The SMILES string of the molecule is OCCc1cn(Cc2ccc(Cl)c(F)c2)nn1. The quantitative estimate of drug-likeness (QED) is 0.904. The summed E-state index contributed by atoms with van der Waals surface area (Å²) in [5.41, 5.74) is 1.47. The van der Waals surface area contributed by atoms with Gasteiger partial charge in [0.15, 0.2) is 0 Å². The van der Waals surface area contributed by atoms with Crippen molar-refractivity contribution < 1.29 is 9.50 Å². The van der Waals surface area contributed by atoms with Crippen molar-refractivity contribution in [1.82, 2.24) is 15.0 Å². The summed E-state index contributed by atoms with van der Waals surface area (Å²) in [4.78, 5) is 0. The van der Waals surface area contributed by atoms with E-state index in [1.54, 1.807) is 16.9 Å². The van der Waals surface area contributed by atoms with E-state index in [1.807, 2.05) is 0 Å². The first-order valence-electron chi connectivity index (χ1n) is 5.13. The van der Waals surface area contributed by atoms with Gasteiger partial charge in [-0.15, -0.1) is 5.10 Å². The van der Waals surface area contributed by atoms with Crippen molar-refractivity contribution in [1.29, 1.82) is 0 Å². The summed E-state index contributed by atoms with van der Waals surface area (Å²) >= 11 is 5.59. The maximum atomic E-state index is 13.2. The number of aliphatic hydroxyl groups excluding tert-OH is 1. The van der Waals surface area contributed by atoms with E-state index in [2.05, 4.69) is 10.3 Å². The molecule has 0 fully saturated rings. The molecule has 17 heavy (non-hydrogen) atoms. The van der Waals surface area contributed by atoms with E-state index in [0.29, 0.717) is 18.7 Å². The smallest absolute Gasteiger partial charge is 0.142 e. The van der Waals surface area contributed by atoms with Crippen molar-refractivity contribution in [2.75, 3.05) is 6.61 Å². The summed E-state index contributed by atoms with van der Waals surface area (Å²) in [5.74, 6) is -0.445. The van der Waals surface area contributed by atoms with Gasteiger partial charge >= 0.3 is 0 Å². The molecule has 0 aliphatic rings. The van der Waals surface area contributed by atoms with Gasteiger partial charge in [0.25, 0.3) is 0 Å². The number of nitrogens with zero attached hydrogens (tertiary/aromatic N) is 3. The number of halogens is 2. The van der Waals surface area contributed by atoms with Crippen LogP contribution in [0.25, 0.3) is 0 Å². The van der Waals surface area contributed by atoms with Gasteiger partial charge in [-0.3, -0.25) is 0 Å². The molecule has 90 valence electrons. The Balaban J connectivity index is 2.11. The second-order valence-corrected chi connectivity index (χ2v) is 4.04. The molecule has 1 heterocycles. The molecule has 1 aromatic carbocycles. The first-order chi connectivity index (χ1) is 8.19. The standard InChI is InChI=1S/C11H11ClFN3O/c12-10-2-1-8(5-11(10)13)6-16-7-9(3-4-17)14-15-16/h1-2,5,7,17H,3-4,6H2. The van der Waals surface area contributed by atoms with Crippen molar-refractivity contribution in [3.05, 3.63) is 46.5 Å². The Bertz CT molecular complexity index is 515. The van der Waals surface area contributed by atoms with Crippen molar-refractivity contribution >= 4 is 11.6 Å². The topological polar surface area (TPSA) is 50.9 Å². The van der Waals surface area contributed by atoms with Crippen LogP contribution in [0.4, 0.5) is 4.39 Å². The lowest BCUT2D eigenvalue weighted by Crippen LogP contribution is -2.00. The number of benzene rings is 1. The molecule has 0 amide bonds. The number of rotatable bonds is 4. The van der Waals surface area contributed by atoms with Crippen LogP contribution in [0.5, 0.6) is 0 Å². The Labute approximate surface area is 103 Å². The number of aliphatic hydroxyl groups is 1. The van der Waals surface area contributed by atoms with Crippen LogP contribution >= 0.6 is 11.6 Å². The van der Waals surface area contributed by atoms with Crippen LogP contribution in [-0.4, -0.2) is 26.7 Å². The van der Waals surface area contributed by atoms with E-state index in [1.165, 1.54) is 12.1 Å².